The van der Waals surface area contributed by atoms with E-state index in [2.05, 4.69) is 19.9 Å². The monoisotopic (exact) mass is 367 g/mol. The number of nitrogens with zero attached hydrogens (tertiary/aromatic N) is 4. The van der Waals surface area contributed by atoms with E-state index in [4.69, 9.17) is 0 Å². The second-order valence-electron chi connectivity index (χ2n) is 6.64. The molecule has 5 nitrogen and oxygen atoms in total. The Labute approximate surface area is 151 Å². The first-order valence-corrected chi connectivity index (χ1v) is 8.93. The molecule has 0 atom stereocenters. The summed E-state index contributed by atoms with van der Waals surface area (Å²) < 4.78 is 40.0. The van der Waals surface area contributed by atoms with Crippen molar-refractivity contribution < 1.29 is 13.2 Å². The molecule has 1 aliphatic rings. The summed E-state index contributed by atoms with van der Waals surface area (Å²) in [6.45, 7) is 5.50. The summed E-state index contributed by atoms with van der Waals surface area (Å²) in [5.74, 6) is 1.65. The van der Waals surface area contributed by atoms with Crippen molar-refractivity contribution in [1.29, 1.82) is 0 Å². The third-order valence-corrected chi connectivity index (χ3v) is 4.83. The molecule has 8 heteroatoms. The largest absolute Gasteiger partial charge is 0.417 e. The zero-order valence-corrected chi connectivity index (χ0v) is 14.8. The zero-order chi connectivity index (χ0) is 18.6. The summed E-state index contributed by atoms with van der Waals surface area (Å²) in [7, 11) is 0. The van der Waals surface area contributed by atoms with Crippen LogP contribution in [0.25, 0.3) is 0 Å². The number of aromatic nitrogens is 3. The van der Waals surface area contributed by atoms with Gasteiger partial charge in [0.25, 0.3) is 0 Å². The van der Waals surface area contributed by atoms with Gasteiger partial charge in [-0.15, -0.1) is 0 Å². The van der Waals surface area contributed by atoms with Crippen molar-refractivity contribution >= 4 is 5.82 Å². The number of nitrogens with one attached hydrogen (secondary N) is 1. The molecule has 0 bridgehead atoms. The molecular weight excluding hydrogens is 343 g/mol. The molecule has 0 spiro atoms. The molecule has 0 radical (unpaired) electrons. The fraction of sp³-hybridized carbons (Fsp3) is 0.556. The molecule has 0 unspecified atom stereocenters. The van der Waals surface area contributed by atoms with Crippen molar-refractivity contribution in [1.82, 2.24) is 19.9 Å². The number of pyridine rings is 1. The Morgan fingerprint density at radius 2 is 1.96 bits per heavy atom. The van der Waals surface area contributed by atoms with Crippen molar-refractivity contribution in [2.24, 2.45) is 0 Å². The van der Waals surface area contributed by atoms with Crippen LogP contribution in [0.4, 0.5) is 19.0 Å². The van der Waals surface area contributed by atoms with Gasteiger partial charge in [-0.3, -0.25) is 0 Å². The maximum absolute atomic E-state index is 12.6. The van der Waals surface area contributed by atoms with E-state index in [1.54, 1.807) is 0 Å². The SMILES string of the molecule is Cc1nccn1CCCNC1CCN(c2ccc(C(F)(F)F)cn2)CC1. The molecule has 1 aliphatic heterocycles. The van der Waals surface area contributed by atoms with Crippen molar-refractivity contribution in [3.05, 3.63) is 42.1 Å². The van der Waals surface area contributed by atoms with Crippen LogP contribution in [0.3, 0.4) is 0 Å². The van der Waals surface area contributed by atoms with E-state index < -0.39 is 11.7 Å². The van der Waals surface area contributed by atoms with E-state index in [1.807, 2.05) is 24.2 Å². The summed E-state index contributed by atoms with van der Waals surface area (Å²) in [4.78, 5) is 10.2. The summed E-state index contributed by atoms with van der Waals surface area (Å²) >= 11 is 0. The zero-order valence-electron chi connectivity index (χ0n) is 14.8. The molecule has 0 aliphatic carbocycles. The number of imidazole rings is 1. The van der Waals surface area contributed by atoms with E-state index in [9.17, 15) is 13.2 Å². The second-order valence-corrected chi connectivity index (χ2v) is 6.64. The van der Waals surface area contributed by atoms with Crippen LogP contribution in [0.1, 0.15) is 30.7 Å². The average Bonchev–Trinajstić information content (AvgIpc) is 3.04. The number of piperidine rings is 1. The lowest BCUT2D eigenvalue weighted by Crippen LogP contribution is -2.43. The lowest BCUT2D eigenvalue weighted by molar-refractivity contribution is -0.137. The van der Waals surface area contributed by atoms with Crippen LogP contribution in [0.15, 0.2) is 30.7 Å². The predicted molar refractivity (Wildman–Crippen MR) is 94.1 cm³/mol. The van der Waals surface area contributed by atoms with E-state index in [0.717, 1.165) is 63.5 Å². The lowest BCUT2D eigenvalue weighted by Gasteiger charge is -2.33. The van der Waals surface area contributed by atoms with Gasteiger partial charge >= 0.3 is 6.18 Å². The molecule has 2 aromatic heterocycles. The maximum atomic E-state index is 12.6. The molecular formula is C18H24F3N5. The van der Waals surface area contributed by atoms with Gasteiger partial charge in [0, 0.05) is 44.3 Å². The van der Waals surface area contributed by atoms with Crippen LogP contribution in [0.2, 0.25) is 0 Å². The fourth-order valence-corrected chi connectivity index (χ4v) is 3.25. The van der Waals surface area contributed by atoms with Crippen molar-refractivity contribution in [2.75, 3.05) is 24.5 Å². The van der Waals surface area contributed by atoms with Crippen molar-refractivity contribution in [2.45, 2.75) is 44.9 Å². The number of hydrogen-bond donors (Lipinski definition) is 1. The first kappa shape index (κ1) is 18.7. The predicted octanol–water partition coefficient (Wildman–Crippen LogP) is 3.25. The number of hydrogen-bond acceptors (Lipinski definition) is 4. The van der Waals surface area contributed by atoms with Gasteiger partial charge in [-0.05, 0) is 44.9 Å². The standard InChI is InChI=1S/C18H24F3N5/c1-14-22-8-12-25(14)9-2-7-23-16-5-10-26(11-6-16)17-4-3-15(13-24-17)18(19,20)21/h3-4,8,12-13,16,23H,2,5-7,9-11H2,1H3. The highest BCUT2D eigenvalue weighted by Gasteiger charge is 2.31. The Hall–Kier alpha value is -2.09. The van der Waals surface area contributed by atoms with E-state index >= 15 is 0 Å². The minimum atomic E-state index is -4.34. The van der Waals surface area contributed by atoms with E-state index in [-0.39, 0.29) is 0 Å². The van der Waals surface area contributed by atoms with Crippen LogP contribution in [0, 0.1) is 6.92 Å². The summed E-state index contributed by atoms with van der Waals surface area (Å²) in [5, 5.41) is 3.57. The van der Waals surface area contributed by atoms with Gasteiger partial charge in [0.05, 0.1) is 5.56 Å². The molecule has 2 aromatic rings. The molecule has 1 fully saturated rings. The van der Waals surface area contributed by atoms with Gasteiger partial charge < -0.3 is 14.8 Å². The Balaban J connectivity index is 1.39. The number of halogens is 3. The quantitative estimate of drug-likeness (QED) is 0.796. The minimum absolute atomic E-state index is 0.449. The van der Waals surface area contributed by atoms with Crippen LogP contribution in [0.5, 0.6) is 0 Å². The van der Waals surface area contributed by atoms with Crippen molar-refractivity contribution in [3.63, 3.8) is 0 Å². The molecule has 0 saturated carbocycles. The third kappa shape index (κ3) is 4.75. The van der Waals surface area contributed by atoms with Gasteiger partial charge in [-0.2, -0.15) is 13.2 Å². The molecule has 142 valence electrons. The molecule has 0 amide bonds. The van der Waals surface area contributed by atoms with Gasteiger partial charge in [0.15, 0.2) is 0 Å². The van der Waals surface area contributed by atoms with Crippen LogP contribution in [-0.2, 0) is 12.7 Å². The Morgan fingerprint density at radius 1 is 1.19 bits per heavy atom. The van der Waals surface area contributed by atoms with E-state index in [1.165, 1.54) is 6.07 Å². The minimum Gasteiger partial charge on any atom is -0.357 e. The topological polar surface area (TPSA) is 46.0 Å². The summed E-state index contributed by atoms with van der Waals surface area (Å²) in [6.07, 6.45) is 3.35. The Kier molecular flexibility index (Phi) is 5.80. The second kappa shape index (κ2) is 8.07. The highest BCUT2D eigenvalue weighted by Crippen LogP contribution is 2.29. The number of alkyl halides is 3. The molecule has 1 N–H and O–H groups in total. The lowest BCUT2D eigenvalue weighted by atomic mass is 10.0. The van der Waals surface area contributed by atoms with Crippen LogP contribution in [-0.4, -0.2) is 40.2 Å². The number of anilines is 1. The van der Waals surface area contributed by atoms with Crippen molar-refractivity contribution in [3.8, 4) is 0 Å². The van der Waals surface area contributed by atoms with Crippen LogP contribution < -0.4 is 10.2 Å². The van der Waals surface area contributed by atoms with Crippen LogP contribution >= 0.6 is 0 Å². The fourth-order valence-electron chi connectivity index (χ4n) is 3.25. The van der Waals surface area contributed by atoms with Gasteiger partial charge in [-0.1, -0.05) is 0 Å². The molecule has 26 heavy (non-hydrogen) atoms. The molecule has 0 aromatic carbocycles. The van der Waals surface area contributed by atoms with Gasteiger partial charge in [0.2, 0.25) is 0 Å². The third-order valence-electron chi connectivity index (χ3n) is 4.83. The Bertz CT molecular complexity index is 688. The maximum Gasteiger partial charge on any atom is 0.417 e. The number of aryl methyl sites for hydroxylation is 2. The average molecular weight is 367 g/mol. The van der Waals surface area contributed by atoms with E-state index in [0.29, 0.717) is 11.9 Å². The summed E-state index contributed by atoms with van der Waals surface area (Å²) in [6, 6.07) is 3.01. The van der Waals surface area contributed by atoms with Gasteiger partial charge in [-0.25, -0.2) is 9.97 Å². The number of rotatable bonds is 6. The Morgan fingerprint density at radius 3 is 2.54 bits per heavy atom. The molecule has 3 rings (SSSR count). The summed E-state index contributed by atoms with van der Waals surface area (Å²) in [5.41, 5.74) is -0.703. The first-order chi connectivity index (χ1) is 12.4. The first-order valence-electron chi connectivity index (χ1n) is 8.93. The molecule has 1 saturated heterocycles. The highest BCUT2D eigenvalue weighted by molar-refractivity contribution is 5.40. The smallest absolute Gasteiger partial charge is 0.357 e. The normalized spacial score (nSPS) is 16.2. The van der Waals surface area contributed by atoms with Gasteiger partial charge in [0.1, 0.15) is 11.6 Å². The molecule has 3 heterocycles. The highest BCUT2D eigenvalue weighted by atomic mass is 19.4.